The molecule has 0 aromatic heterocycles. The monoisotopic (exact) mass is 525 g/mol. The molecule has 0 fully saturated rings. The number of unbranched alkanes of at least 4 members (excludes halogenated alkanes) is 4. The van der Waals surface area contributed by atoms with E-state index in [9.17, 15) is 39.7 Å². The minimum Gasteiger partial charge on any atom is -0.481 e. The number of benzene rings is 1. The Hall–Kier alpha value is -3.81. The van der Waals surface area contributed by atoms with Gasteiger partial charge in [0.05, 0.1) is 15.9 Å². The second-order valence-electron chi connectivity index (χ2n) is 8.94. The van der Waals surface area contributed by atoms with Crippen molar-refractivity contribution in [2.24, 2.45) is 0 Å². The molecule has 37 heavy (non-hydrogen) atoms. The Morgan fingerprint density at radius 3 is 2.08 bits per heavy atom. The highest BCUT2D eigenvalue weighted by molar-refractivity contribution is 5.80. The van der Waals surface area contributed by atoms with Crippen LogP contribution in [0.2, 0.25) is 0 Å². The molecule has 14 heteroatoms. The summed E-state index contributed by atoms with van der Waals surface area (Å²) in [7, 11) is 3.36. The van der Waals surface area contributed by atoms with Crippen molar-refractivity contribution in [1.29, 1.82) is 0 Å². The van der Waals surface area contributed by atoms with Gasteiger partial charge in [0, 0.05) is 31.5 Å². The summed E-state index contributed by atoms with van der Waals surface area (Å²) in [6.45, 7) is 0.470. The first-order valence-corrected chi connectivity index (χ1v) is 12.0. The lowest BCUT2D eigenvalue weighted by Gasteiger charge is -2.17. The van der Waals surface area contributed by atoms with Gasteiger partial charge in [0.1, 0.15) is 11.7 Å². The van der Waals surface area contributed by atoms with E-state index in [4.69, 9.17) is 5.11 Å². The molecule has 0 saturated heterocycles. The fourth-order valence-corrected chi connectivity index (χ4v) is 3.68. The van der Waals surface area contributed by atoms with E-state index in [-0.39, 0.29) is 36.5 Å². The number of nitrogens with one attached hydrogen (secondary N) is 2. The van der Waals surface area contributed by atoms with Crippen LogP contribution in [0.1, 0.15) is 63.4 Å². The highest BCUT2D eigenvalue weighted by Crippen LogP contribution is 2.34. The average molecular weight is 526 g/mol. The lowest BCUT2D eigenvalue weighted by molar-refractivity contribution is -0.394. The Bertz CT molecular complexity index is 968. The fraction of sp³-hybridized carbons (Fsp3) is 0.609. The van der Waals surface area contributed by atoms with Crippen molar-refractivity contribution < 1.29 is 34.4 Å². The lowest BCUT2D eigenvalue weighted by Crippen LogP contribution is -2.30. The summed E-state index contributed by atoms with van der Waals surface area (Å²) in [5.41, 5.74) is -0.919. The van der Waals surface area contributed by atoms with Crippen LogP contribution in [0.3, 0.4) is 0 Å². The van der Waals surface area contributed by atoms with Crippen molar-refractivity contribution in [3.05, 3.63) is 37.9 Å². The van der Waals surface area contributed by atoms with Crippen molar-refractivity contribution in [1.82, 2.24) is 10.2 Å². The van der Waals surface area contributed by atoms with Crippen LogP contribution in [0.15, 0.2) is 12.1 Å². The van der Waals surface area contributed by atoms with Crippen molar-refractivity contribution in [3.8, 4) is 0 Å². The number of amides is 1. The summed E-state index contributed by atoms with van der Waals surface area (Å²) in [4.78, 5) is 57.2. The van der Waals surface area contributed by atoms with Gasteiger partial charge in [0.15, 0.2) is 0 Å². The molecule has 1 aromatic carbocycles. The van der Waals surface area contributed by atoms with Gasteiger partial charge in [0.2, 0.25) is 5.91 Å². The molecule has 0 aliphatic carbocycles. The standard InChI is InChI=1S/C23H35N5O9/c1-26(2)15-16-13-18(20(28(36)37)14-19(16)27(34)35)25-17(23(32)33)9-7-8-12-24-21(29)10-5-3-4-6-11-22(30)31/h13-14,17,25H,3-12,15H2,1-2H3,(H,24,29)(H,30,31)(H,32,33). The number of anilines is 1. The number of carboxylic acid groups (broad SMARTS) is 2. The molecule has 0 aliphatic heterocycles. The normalized spacial score (nSPS) is 11.6. The van der Waals surface area contributed by atoms with Crippen LogP contribution >= 0.6 is 0 Å². The molecule has 1 aromatic rings. The van der Waals surface area contributed by atoms with Gasteiger partial charge < -0.3 is 25.7 Å². The van der Waals surface area contributed by atoms with Gasteiger partial charge in [0.25, 0.3) is 11.4 Å². The number of aliphatic carboxylic acids is 2. The molecule has 0 saturated carbocycles. The van der Waals surface area contributed by atoms with Gasteiger partial charge in [-0.05, 0) is 52.3 Å². The third-order valence-corrected chi connectivity index (χ3v) is 5.49. The van der Waals surface area contributed by atoms with E-state index in [0.29, 0.717) is 38.6 Å². The fourth-order valence-electron chi connectivity index (χ4n) is 3.68. The Kier molecular flexibility index (Phi) is 13.5. The van der Waals surface area contributed by atoms with Crippen LogP contribution in [0.5, 0.6) is 0 Å². The van der Waals surface area contributed by atoms with Crippen molar-refractivity contribution in [3.63, 3.8) is 0 Å². The Balaban J connectivity index is 2.64. The number of carboxylic acids is 2. The van der Waals surface area contributed by atoms with Gasteiger partial charge >= 0.3 is 11.9 Å². The molecule has 1 unspecified atom stereocenters. The maximum atomic E-state index is 11.9. The van der Waals surface area contributed by atoms with Crippen molar-refractivity contribution in [2.75, 3.05) is 26.0 Å². The topological polar surface area (TPSA) is 205 Å². The number of nitro groups is 2. The summed E-state index contributed by atoms with van der Waals surface area (Å²) in [5.74, 6) is -2.20. The van der Waals surface area contributed by atoms with Gasteiger partial charge in [-0.2, -0.15) is 0 Å². The van der Waals surface area contributed by atoms with Gasteiger partial charge in [-0.3, -0.25) is 29.8 Å². The number of carbonyl (C=O) groups is 3. The minimum absolute atomic E-state index is 0.114. The first-order valence-electron chi connectivity index (χ1n) is 12.0. The summed E-state index contributed by atoms with van der Waals surface area (Å²) in [6.07, 6.45) is 4.19. The minimum atomic E-state index is -1.23. The third-order valence-electron chi connectivity index (χ3n) is 5.49. The van der Waals surface area contributed by atoms with Crippen LogP contribution in [-0.4, -0.2) is 69.5 Å². The highest BCUT2D eigenvalue weighted by atomic mass is 16.6. The molecule has 0 spiro atoms. The van der Waals surface area contributed by atoms with Crippen LogP contribution in [-0.2, 0) is 20.9 Å². The number of rotatable bonds is 19. The largest absolute Gasteiger partial charge is 0.481 e. The molecule has 0 bridgehead atoms. The molecule has 4 N–H and O–H groups in total. The summed E-state index contributed by atoms with van der Waals surface area (Å²) >= 11 is 0. The summed E-state index contributed by atoms with van der Waals surface area (Å²) in [6, 6.07) is 0.907. The number of hydrogen-bond acceptors (Lipinski definition) is 9. The average Bonchev–Trinajstić information content (AvgIpc) is 2.79. The molecule has 1 amide bonds. The van der Waals surface area contributed by atoms with E-state index in [2.05, 4.69) is 10.6 Å². The summed E-state index contributed by atoms with van der Waals surface area (Å²) < 4.78 is 0. The number of nitrogens with zero attached hydrogens (tertiary/aromatic N) is 3. The summed E-state index contributed by atoms with van der Waals surface area (Å²) in [5, 5.41) is 46.5. The van der Waals surface area contributed by atoms with Crippen LogP contribution < -0.4 is 10.6 Å². The van der Waals surface area contributed by atoms with E-state index < -0.39 is 39.2 Å². The molecule has 206 valence electrons. The van der Waals surface area contributed by atoms with Crippen LogP contribution in [0.25, 0.3) is 0 Å². The van der Waals surface area contributed by atoms with Crippen LogP contribution in [0, 0.1) is 20.2 Å². The number of hydrogen-bond donors (Lipinski definition) is 4. The zero-order valence-corrected chi connectivity index (χ0v) is 21.1. The predicted octanol–water partition coefficient (Wildman–Crippen LogP) is 3.14. The molecule has 0 aliphatic rings. The van der Waals surface area contributed by atoms with Gasteiger partial charge in [-0.1, -0.05) is 12.8 Å². The van der Waals surface area contributed by atoms with E-state index in [1.165, 1.54) is 6.07 Å². The maximum absolute atomic E-state index is 11.9. The van der Waals surface area contributed by atoms with Gasteiger partial charge in [-0.15, -0.1) is 0 Å². The SMILES string of the molecule is CN(C)Cc1cc(NC(CCCCNC(=O)CCCCCCC(=O)O)C(=O)O)c([N+](=O)[O-])cc1[N+](=O)[O-]. The zero-order valence-electron chi connectivity index (χ0n) is 21.1. The van der Waals surface area contributed by atoms with E-state index >= 15 is 0 Å². The Morgan fingerprint density at radius 2 is 1.54 bits per heavy atom. The number of carbonyl (C=O) groups excluding carboxylic acids is 1. The molecule has 14 nitrogen and oxygen atoms in total. The Morgan fingerprint density at radius 1 is 0.919 bits per heavy atom. The molecular formula is C23H35N5O9. The highest BCUT2D eigenvalue weighted by Gasteiger charge is 2.27. The second-order valence-corrected chi connectivity index (χ2v) is 8.94. The first-order chi connectivity index (χ1) is 17.4. The molecule has 0 radical (unpaired) electrons. The van der Waals surface area contributed by atoms with E-state index in [0.717, 1.165) is 18.9 Å². The lowest BCUT2D eigenvalue weighted by atomic mass is 10.1. The zero-order chi connectivity index (χ0) is 28.0. The molecule has 1 rings (SSSR count). The molecular weight excluding hydrogens is 490 g/mol. The van der Waals surface area contributed by atoms with Crippen molar-refractivity contribution >= 4 is 34.9 Å². The van der Waals surface area contributed by atoms with Crippen LogP contribution in [0.4, 0.5) is 17.1 Å². The molecule has 1 atom stereocenters. The Labute approximate surface area is 214 Å². The molecule has 0 heterocycles. The van der Waals surface area contributed by atoms with E-state index in [1.54, 1.807) is 19.0 Å². The number of nitro benzene ring substituents is 2. The smallest absolute Gasteiger partial charge is 0.326 e. The van der Waals surface area contributed by atoms with Gasteiger partial charge in [-0.25, -0.2) is 4.79 Å². The maximum Gasteiger partial charge on any atom is 0.326 e. The quantitative estimate of drug-likeness (QED) is 0.117. The van der Waals surface area contributed by atoms with E-state index in [1.807, 2.05) is 0 Å². The van der Waals surface area contributed by atoms with Crippen molar-refractivity contribution in [2.45, 2.75) is 70.4 Å². The first kappa shape index (κ1) is 31.2. The predicted molar refractivity (Wildman–Crippen MR) is 134 cm³/mol. The third kappa shape index (κ3) is 12.1. The second kappa shape index (κ2) is 16.0.